The van der Waals surface area contributed by atoms with Crippen molar-refractivity contribution in [2.45, 2.75) is 45.6 Å². The third-order valence-electron chi connectivity index (χ3n) is 4.69. The van der Waals surface area contributed by atoms with E-state index in [-0.39, 0.29) is 11.8 Å². The fourth-order valence-corrected chi connectivity index (χ4v) is 3.22. The van der Waals surface area contributed by atoms with Gasteiger partial charge in [0.25, 0.3) is 0 Å². The highest BCUT2D eigenvalue weighted by Gasteiger charge is 2.21. The number of nitrogens with one attached hydrogen (secondary N) is 1. The zero-order chi connectivity index (χ0) is 18.9. The standard InChI is InChI=1S/C22H26ClNO2/c1-3-17-7-5-6-8-19(17)14-18(4-2)22(26)24-21(15-25)13-16-9-11-20(23)12-10-16/h5-12,15,18,21H,3-4,13-14H2,1-2H3,(H,24,26). The number of carbonyl (C=O) groups is 2. The van der Waals surface area contributed by atoms with Crippen molar-refractivity contribution in [1.82, 2.24) is 5.32 Å². The second-order valence-corrected chi connectivity index (χ2v) is 6.95. The molecule has 0 fully saturated rings. The number of hydrogen-bond acceptors (Lipinski definition) is 2. The molecule has 2 aromatic rings. The Morgan fingerprint density at radius 1 is 1.04 bits per heavy atom. The van der Waals surface area contributed by atoms with Gasteiger partial charge in [-0.05, 0) is 54.5 Å². The summed E-state index contributed by atoms with van der Waals surface area (Å²) in [5.74, 6) is -0.208. The van der Waals surface area contributed by atoms with E-state index in [0.29, 0.717) is 17.9 Å². The molecule has 2 aromatic carbocycles. The van der Waals surface area contributed by atoms with Gasteiger partial charge in [-0.2, -0.15) is 0 Å². The number of aryl methyl sites for hydroxylation is 1. The summed E-state index contributed by atoms with van der Waals surface area (Å²) in [6.45, 7) is 4.13. The van der Waals surface area contributed by atoms with Crippen molar-refractivity contribution in [3.8, 4) is 0 Å². The zero-order valence-corrected chi connectivity index (χ0v) is 16.1. The van der Waals surface area contributed by atoms with Crippen LogP contribution in [0.25, 0.3) is 0 Å². The number of halogens is 1. The van der Waals surface area contributed by atoms with Gasteiger partial charge in [0.05, 0.1) is 6.04 Å². The molecule has 0 radical (unpaired) electrons. The summed E-state index contributed by atoms with van der Waals surface area (Å²) in [6, 6.07) is 15.0. The molecule has 4 heteroatoms. The number of aldehydes is 1. The molecule has 0 saturated carbocycles. The number of hydrogen-bond donors (Lipinski definition) is 1. The van der Waals surface area contributed by atoms with E-state index in [1.165, 1.54) is 11.1 Å². The summed E-state index contributed by atoms with van der Waals surface area (Å²) in [5.41, 5.74) is 3.44. The van der Waals surface area contributed by atoms with Crippen molar-refractivity contribution in [3.05, 3.63) is 70.2 Å². The Labute approximate surface area is 160 Å². The van der Waals surface area contributed by atoms with E-state index in [1.807, 2.05) is 31.2 Å². The number of carbonyl (C=O) groups excluding carboxylic acids is 2. The highest BCUT2D eigenvalue weighted by Crippen LogP contribution is 2.18. The first-order valence-corrected chi connectivity index (χ1v) is 9.52. The van der Waals surface area contributed by atoms with Gasteiger partial charge in [0.2, 0.25) is 5.91 Å². The molecular weight excluding hydrogens is 346 g/mol. The van der Waals surface area contributed by atoms with Crippen LogP contribution in [0.15, 0.2) is 48.5 Å². The maximum atomic E-state index is 12.7. The highest BCUT2D eigenvalue weighted by atomic mass is 35.5. The largest absolute Gasteiger partial charge is 0.346 e. The van der Waals surface area contributed by atoms with Gasteiger partial charge in [-0.25, -0.2) is 0 Å². The average molecular weight is 372 g/mol. The predicted molar refractivity (Wildman–Crippen MR) is 106 cm³/mol. The molecule has 0 heterocycles. The van der Waals surface area contributed by atoms with Crippen LogP contribution in [0.3, 0.4) is 0 Å². The van der Waals surface area contributed by atoms with Crippen LogP contribution in [0.5, 0.6) is 0 Å². The van der Waals surface area contributed by atoms with Crippen LogP contribution in [0.1, 0.15) is 37.0 Å². The van der Waals surface area contributed by atoms with E-state index < -0.39 is 6.04 Å². The van der Waals surface area contributed by atoms with Crippen LogP contribution >= 0.6 is 11.6 Å². The second kappa shape index (κ2) is 10.1. The average Bonchev–Trinajstić information content (AvgIpc) is 2.67. The number of rotatable bonds is 9. The lowest BCUT2D eigenvalue weighted by Crippen LogP contribution is -2.41. The van der Waals surface area contributed by atoms with E-state index in [0.717, 1.165) is 24.7 Å². The fraction of sp³-hybridized carbons (Fsp3) is 0.364. The minimum Gasteiger partial charge on any atom is -0.346 e. The van der Waals surface area contributed by atoms with E-state index in [1.54, 1.807) is 12.1 Å². The molecule has 0 saturated heterocycles. The van der Waals surface area contributed by atoms with Gasteiger partial charge in [0.15, 0.2) is 0 Å². The smallest absolute Gasteiger partial charge is 0.224 e. The Morgan fingerprint density at radius 2 is 1.69 bits per heavy atom. The van der Waals surface area contributed by atoms with E-state index in [2.05, 4.69) is 24.4 Å². The monoisotopic (exact) mass is 371 g/mol. The molecule has 1 amide bonds. The van der Waals surface area contributed by atoms with Crippen molar-refractivity contribution in [2.75, 3.05) is 0 Å². The first-order chi connectivity index (χ1) is 12.6. The normalized spacial score (nSPS) is 13.0. The third-order valence-corrected chi connectivity index (χ3v) is 4.94. The van der Waals surface area contributed by atoms with Gasteiger partial charge < -0.3 is 10.1 Å². The molecular formula is C22H26ClNO2. The lowest BCUT2D eigenvalue weighted by atomic mass is 9.92. The van der Waals surface area contributed by atoms with Crippen molar-refractivity contribution in [2.24, 2.45) is 5.92 Å². The van der Waals surface area contributed by atoms with Gasteiger partial charge in [-0.1, -0.05) is 61.8 Å². The lowest BCUT2D eigenvalue weighted by molar-refractivity contribution is -0.127. The molecule has 0 spiro atoms. The van der Waals surface area contributed by atoms with Crippen LogP contribution in [0, 0.1) is 5.92 Å². The topological polar surface area (TPSA) is 46.2 Å². The second-order valence-electron chi connectivity index (χ2n) is 6.51. The molecule has 2 atom stereocenters. The van der Waals surface area contributed by atoms with E-state index >= 15 is 0 Å². The minimum absolute atomic E-state index is 0.0653. The molecule has 3 nitrogen and oxygen atoms in total. The first-order valence-electron chi connectivity index (χ1n) is 9.14. The summed E-state index contributed by atoms with van der Waals surface area (Å²) in [4.78, 5) is 24.1. The van der Waals surface area contributed by atoms with Crippen molar-refractivity contribution in [1.29, 1.82) is 0 Å². The van der Waals surface area contributed by atoms with Gasteiger partial charge in [0.1, 0.15) is 6.29 Å². The molecule has 0 aromatic heterocycles. The number of benzene rings is 2. The van der Waals surface area contributed by atoms with Crippen LogP contribution in [-0.4, -0.2) is 18.2 Å². The van der Waals surface area contributed by atoms with Gasteiger partial charge >= 0.3 is 0 Å². The van der Waals surface area contributed by atoms with Gasteiger partial charge in [-0.15, -0.1) is 0 Å². The molecule has 0 aliphatic heterocycles. The number of amides is 1. The lowest BCUT2D eigenvalue weighted by Gasteiger charge is -2.20. The van der Waals surface area contributed by atoms with Crippen molar-refractivity contribution < 1.29 is 9.59 Å². The fourth-order valence-electron chi connectivity index (χ4n) is 3.10. The van der Waals surface area contributed by atoms with Crippen LogP contribution in [0.2, 0.25) is 5.02 Å². The molecule has 2 unspecified atom stereocenters. The SMILES string of the molecule is CCc1ccccc1CC(CC)C(=O)NC(C=O)Cc1ccc(Cl)cc1. The molecule has 0 aliphatic carbocycles. The molecule has 1 N–H and O–H groups in total. The van der Waals surface area contributed by atoms with E-state index in [9.17, 15) is 9.59 Å². The van der Waals surface area contributed by atoms with Crippen molar-refractivity contribution >= 4 is 23.8 Å². The Hall–Kier alpha value is -2.13. The summed E-state index contributed by atoms with van der Waals surface area (Å²) in [7, 11) is 0. The maximum Gasteiger partial charge on any atom is 0.224 e. The minimum atomic E-state index is -0.529. The van der Waals surface area contributed by atoms with Crippen LogP contribution in [0.4, 0.5) is 0 Å². The zero-order valence-electron chi connectivity index (χ0n) is 15.4. The van der Waals surface area contributed by atoms with Gasteiger partial charge in [0, 0.05) is 10.9 Å². The first kappa shape index (κ1) is 20.2. The van der Waals surface area contributed by atoms with Crippen LogP contribution in [-0.2, 0) is 28.9 Å². The molecule has 138 valence electrons. The highest BCUT2D eigenvalue weighted by molar-refractivity contribution is 6.30. The van der Waals surface area contributed by atoms with Gasteiger partial charge in [-0.3, -0.25) is 4.79 Å². The Morgan fingerprint density at radius 3 is 2.27 bits per heavy atom. The third kappa shape index (κ3) is 5.70. The Balaban J connectivity index is 2.02. The summed E-state index contributed by atoms with van der Waals surface area (Å²) >= 11 is 5.89. The Kier molecular flexibility index (Phi) is 7.86. The maximum absolute atomic E-state index is 12.7. The predicted octanol–water partition coefficient (Wildman–Crippen LogP) is 4.40. The summed E-state index contributed by atoms with van der Waals surface area (Å²) in [6.07, 6.45) is 3.64. The summed E-state index contributed by atoms with van der Waals surface area (Å²) in [5, 5.41) is 3.55. The van der Waals surface area contributed by atoms with Crippen molar-refractivity contribution in [3.63, 3.8) is 0 Å². The van der Waals surface area contributed by atoms with Crippen LogP contribution < -0.4 is 5.32 Å². The Bertz CT molecular complexity index is 727. The quantitative estimate of drug-likeness (QED) is 0.664. The molecule has 0 bridgehead atoms. The molecule has 26 heavy (non-hydrogen) atoms. The summed E-state index contributed by atoms with van der Waals surface area (Å²) < 4.78 is 0. The molecule has 2 rings (SSSR count). The van der Waals surface area contributed by atoms with E-state index in [4.69, 9.17) is 11.6 Å². The molecule has 0 aliphatic rings.